The molecule has 1 saturated heterocycles. The van der Waals surface area contributed by atoms with E-state index in [0.717, 1.165) is 24.6 Å². The van der Waals surface area contributed by atoms with Crippen LogP contribution in [0.3, 0.4) is 0 Å². The van der Waals surface area contributed by atoms with Crippen molar-refractivity contribution < 1.29 is 4.74 Å². The Labute approximate surface area is 191 Å². The van der Waals surface area contributed by atoms with Crippen molar-refractivity contribution >= 4 is 29.9 Å². The van der Waals surface area contributed by atoms with E-state index in [-0.39, 0.29) is 24.0 Å². The van der Waals surface area contributed by atoms with Gasteiger partial charge in [0.25, 0.3) is 0 Å². The number of rotatable bonds is 7. The van der Waals surface area contributed by atoms with Crippen molar-refractivity contribution in [3.8, 4) is 5.88 Å². The first-order valence-electron chi connectivity index (χ1n) is 10.0. The highest BCUT2D eigenvalue weighted by atomic mass is 127. The van der Waals surface area contributed by atoms with Gasteiger partial charge in [-0.1, -0.05) is 30.7 Å². The largest absolute Gasteiger partial charge is 0.481 e. The molecule has 1 aliphatic rings. The van der Waals surface area contributed by atoms with E-state index in [4.69, 9.17) is 4.74 Å². The number of ether oxygens (including phenoxy) is 1. The summed E-state index contributed by atoms with van der Waals surface area (Å²) >= 11 is 0. The second kappa shape index (κ2) is 12.6. The van der Waals surface area contributed by atoms with Crippen molar-refractivity contribution in [1.82, 2.24) is 20.5 Å². The third kappa shape index (κ3) is 7.81. The predicted octanol–water partition coefficient (Wildman–Crippen LogP) is 3.56. The SMILES string of the molecule is CN=C(NCc1ccc(CN2CCCCC2)cc1)NCc1ccnc(OC)c1.I. The highest BCUT2D eigenvalue weighted by molar-refractivity contribution is 14.0. The molecule has 0 unspecified atom stereocenters. The number of piperidine rings is 1. The molecule has 1 aromatic carbocycles. The van der Waals surface area contributed by atoms with Crippen LogP contribution < -0.4 is 15.4 Å². The Balaban J connectivity index is 0.00000300. The van der Waals surface area contributed by atoms with Gasteiger partial charge >= 0.3 is 0 Å². The second-order valence-electron chi connectivity index (χ2n) is 7.14. The number of hydrogen-bond acceptors (Lipinski definition) is 4. The number of halogens is 1. The van der Waals surface area contributed by atoms with Crippen LogP contribution in [0.25, 0.3) is 0 Å². The minimum absolute atomic E-state index is 0. The van der Waals surface area contributed by atoms with Crippen molar-refractivity contribution in [3.05, 3.63) is 59.3 Å². The molecule has 2 N–H and O–H groups in total. The maximum atomic E-state index is 5.16. The van der Waals surface area contributed by atoms with Crippen LogP contribution in [0, 0.1) is 0 Å². The fourth-order valence-electron chi connectivity index (χ4n) is 3.40. The summed E-state index contributed by atoms with van der Waals surface area (Å²) < 4.78 is 5.16. The van der Waals surface area contributed by atoms with Gasteiger partial charge in [0.05, 0.1) is 7.11 Å². The lowest BCUT2D eigenvalue weighted by Crippen LogP contribution is -2.36. The normalized spacial score (nSPS) is 14.8. The molecule has 0 aliphatic carbocycles. The van der Waals surface area contributed by atoms with Gasteiger partial charge in [0.1, 0.15) is 0 Å². The van der Waals surface area contributed by atoms with Crippen LogP contribution in [-0.2, 0) is 19.6 Å². The van der Waals surface area contributed by atoms with Gasteiger partial charge in [0, 0.05) is 38.9 Å². The Morgan fingerprint density at radius 2 is 1.66 bits per heavy atom. The summed E-state index contributed by atoms with van der Waals surface area (Å²) in [6.45, 7) is 4.92. The average Bonchev–Trinajstić information content (AvgIpc) is 2.76. The summed E-state index contributed by atoms with van der Waals surface area (Å²) in [4.78, 5) is 11.0. The number of nitrogens with zero attached hydrogens (tertiary/aromatic N) is 3. The van der Waals surface area contributed by atoms with E-state index < -0.39 is 0 Å². The number of guanidine groups is 1. The van der Waals surface area contributed by atoms with E-state index in [1.54, 1.807) is 20.4 Å². The standard InChI is InChI=1S/C22H31N5O.HI/c1-23-22(26-16-20-10-11-24-21(14-20)28-2)25-15-18-6-8-19(9-7-18)17-27-12-4-3-5-13-27;/h6-11,14H,3-5,12-13,15-17H2,1-2H3,(H2,23,25,26);1H. The van der Waals surface area contributed by atoms with Gasteiger partial charge in [-0.15, -0.1) is 24.0 Å². The minimum atomic E-state index is 0. The quantitative estimate of drug-likeness (QED) is 0.340. The lowest BCUT2D eigenvalue weighted by molar-refractivity contribution is 0.221. The predicted molar refractivity (Wildman–Crippen MR) is 129 cm³/mol. The molecule has 2 heterocycles. The van der Waals surface area contributed by atoms with Crippen LogP contribution in [-0.4, -0.2) is 43.1 Å². The van der Waals surface area contributed by atoms with E-state index in [9.17, 15) is 0 Å². The molecule has 0 saturated carbocycles. The first-order valence-corrected chi connectivity index (χ1v) is 10.0. The molecule has 1 aliphatic heterocycles. The van der Waals surface area contributed by atoms with E-state index in [1.807, 2.05) is 12.1 Å². The maximum Gasteiger partial charge on any atom is 0.213 e. The monoisotopic (exact) mass is 509 g/mol. The molecule has 0 atom stereocenters. The number of aliphatic imine (C=N–C) groups is 1. The first-order chi connectivity index (χ1) is 13.8. The number of benzene rings is 1. The van der Waals surface area contributed by atoms with E-state index in [1.165, 1.54) is 43.5 Å². The first kappa shape index (κ1) is 23.4. The summed E-state index contributed by atoms with van der Waals surface area (Å²) in [7, 11) is 3.40. The molecule has 1 fully saturated rings. The molecule has 6 nitrogen and oxygen atoms in total. The van der Waals surface area contributed by atoms with Crippen molar-refractivity contribution in [2.24, 2.45) is 4.99 Å². The van der Waals surface area contributed by atoms with Crippen molar-refractivity contribution in [2.75, 3.05) is 27.2 Å². The number of methoxy groups -OCH3 is 1. The molecule has 3 rings (SSSR count). The van der Waals surface area contributed by atoms with E-state index in [0.29, 0.717) is 12.4 Å². The zero-order valence-electron chi connectivity index (χ0n) is 17.4. The topological polar surface area (TPSA) is 61.8 Å². The summed E-state index contributed by atoms with van der Waals surface area (Å²) in [5, 5.41) is 6.69. The number of nitrogens with one attached hydrogen (secondary N) is 2. The average molecular weight is 509 g/mol. The van der Waals surface area contributed by atoms with Gasteiger partial charge in [-0.2, -0.15) is 0 Å². The van der Waals surface area contributed by atoms with Crippen molar-refractivity contribution in [2.45, 2.75) is 38.9 Å². The number of aromatic nitrogens is 1. The van der Waals surface area contributed by atoms with Gasteiger partial charge < -0.3 is 15.4 Å². The molecular formula is C22H32IN5O. The Kier molecular flexibility index (Phi) is 10.2. The Bertz CT molecular complexity index is 760. The van der Waals surface area contributed by atoms with Crippen LogP contribution >= 0.6 is 24.0 Å². The second-order valence-corrected chi connectivity index (χ2v) is 7.14. The van der Waals surface area contributed by atoms with Crippen LogP contribution in [0.15, 0.2) is 47.6 Å². The molecular weight excluding hydrogens is 477 g/mol. The Morgan fingerprint density at radius 3 is 2.31 bits per heavy atom. The van der Waals surface area contributed by atoms with Crippen LogP contribution in [0.1, 0.15) is 36.0 Å². The van der Waals surface area contributed by atoms with Crippen LogP contribution in [0.2, 0.25) is 0 Å². The molecule has 2 aromatic rings. The molecule has 0 bridgehead atoms. The fourth-order valence-corrected chi connectivity index (χ4v) is 3.40. The van der Waals surface area contributed by atoms with Gasteiger partial charge in [-0.05, 0) is 48.7 Å². The molecule has 7 heteroatoms. The molecule has 0 spiro atoms. The molecule has 158 valence electrons. The van der Waals surface area contributed by atoms with Gasteiger partial charge in [-0.3, -0.25) is 9.89 Å². The zero-order chi connectivity index (χ0) is 19.6. The van der Waals surface area contributed by atoms with Crippen LogP contribution in [0.5, 0.6) is 5.88 Å². The molecule has 1 aromatic heterocycles. The highest BCUT2D eigenvalue weighted by Gasteiger charge is 2.10. The van der Waals surface area contributed by atoms with Gasteiger partial charge in [-0.25, -0.2) is 4.98 Å². The Hall–Kier alpha value is -1.87. The lowest BCUT2D eigenvalue weighted by atomic mass is 10.1. The fraction of sp³-hybridized carbons (Fsp3) is 0.455. The number of hydrogen-bond donors (Lipinski definition) is 2. The molecule has 29 heavy (non-hydrogen) atoms. The van der Waals surface area contributed by atoms with Gasteiger partial charge in [0.15, 0.2) is 5.96 Å². The molecule has 0 radical (unpaired) electrons. The van der Waals surface area contributed by atoms with Crippen molar-refractivity contribution in [1.29, 1.82) is 0 Å². The third-order valence-electron chi connectivity index (χ3n) is 5.03. The summed E-state index contributed by atoms with van der Waals surface area (Å²) in [6, 6.07) is 12.8. The van der Waals surface area contributed by atoms with Crippen LogP contribution in [0.4, 0.5) is 0 Å². The smallest absolute Gasteiger partial charge is 0.213 e. The maximum absolute atomic E-state index is 5.16. The van der Waals surface area contributed by atoms with E-state index >= 15 is 0 Å². The number of likely N-dealkylation sites (tertiary alicyclic amines) is 1. The number of pyridine rings is 1. The highest BCUT2D eigenvalue weighted by Crippen LogP contribution is 2.13. The Morgan fingerprint density at radius 1 is 1.00 bits per heavy atom. The third-order valence-corrected chi connectivity index (χ3v) is 5.03. The van der Waals surface area contributed by atoms with Crippen molar-refractivity contribution in [3.63, 3.8) is 0 Å². The molecule has 0 amide bonds. The summed E-state index contributed by atoms with van der Waals surface area (Å²) in [6.07, 6.45) is 5.80. The summed E-state index contributed by atoms with van der Waals surface area (Å²) in [5.41, 5.74) is 3.73. The lowest BCUT2D eigenvalue weighted by Gasteiger charge is -2.26. The summed E-state index contributed by atoms with van der Waals surface area (Å²) in [5.74, 6) is 1.39. The van der Waals surface area contributed by atoms with Gasteiger partial charge in [0.2, 0.25) is 5.88 Å². The zero-order valence-corrected chi connectivity index (χ0v) is 19.7. The van der Waals surface area contributed by atoms with E-state index in [2.05, 4.69) is 49.8 Å². The minimum Gasteiger partial charge on any atom is -0.481 e.